The van der Waals surface area contributed by atoms with E-state index in [0.717, 1.165) is 0 Å². The topological polar surface area (TPSA) is 103 Å². The summed E-state index contributed by atoms with van der Waals surface area (Å²) in [5, 5.41) is 5.50. The van der Waals surface area contributed by atoms with E-state index in [1.807, 2.05) is 13.8 Å². The van der Waals surface area contributed by atoms with Gasteiger partial charge in [-0.1, -0.05) is 23.2 Å². The van der Waals surface area contributed by atoms with Gasteiger partial charge in [-0.2, -0.15) is 0 Å². The van der Waals surface area contributed by atoms with E-state index in [4.69, 9.17) is 37.4 Å². The lowest BCUT2D eigenvalue weighted by molar-refractivity contribution is -0.146. The summed E-state index contributed by atoms with van der Waals surface area (Å²) in [6.45, 7) is 3.65. The molecule has 0 unspecified atom stereocenters. The highest BCUT2D eigenvalue weighted by Gasteiger charge is 2.14. The zero-order valence-corrected chi connectivity index (χ0v) is 18.5. The fourth-order valence-electron chi connectivity index (χ4n) is 2.44. The van der Waals surface area contributed by atoms with Crippen molar-refractivity contribution in [2.45, 2.75) is 13.8 Å². The first kappa shape index (κ1) is 24.3. The molecule has 0 radical (unpaired) electrons. The number of carbonyl (C=O) groups is 3. The maximum Gasteiger partial charge on any atom is 0.325 e. The summed E-state index contributed by atoms with van der Waals surface area (Å²) in [4.78, 5) is 36.0. The van der Waals surface area contributed by atoms with Crippen molar-refractivity contribution in [2.75, 3.05) is 31.7 Å². The Hall–Kier alpha value is -2.97. The fraction of sp³-hybridized carbons (Fsp3) is 0.286. The number of ether oxygens (including phenoxy) is 3. The van der Waals surface area contributed by atoms with E-state index in [9.17, 15) is 14.4 Å². The van der Waals surface area contributed by atoms with Gasteiger partial charge >= 0.3 is 5.97 Å². The van der Waals surface area contributed by atoms with E-state index in [1.54, 1.807) is 18.2 Å². The molecule has 31 heavy (non-hydrogen) atoms. The molecule has 2 rings (SSSR count). The van der Waals surface area contributed by atoms with Gasteiger partial charge < -0.3 is 24.8 Å². The maximum absolute atomic E-state index is 12.1. The zero-order valence-electron chi connectivity index (χ0n) is 17.0. The number of carbonyl (C=O) groups excluding carboxylic acids is 3. The summed E-state index contributed by atoms with van der Waals surface area (Å²) < 4.78 is 15.8. The minimum absolute atomic E-state index is 0.152. The molecular formula is C21H22Cl2N2O6. The molecule has 0 spiro atoms. The van der Waals surface area contributed by atoms with E-state index in [2.05, 4.69) is 10.6 Å². The van der Waals surface area contributed by atoms with E-state index in [1.165, 1.54) is 18.2 Å². The number of halogens is 2. The van der Waals surface area contributed by atoms with E-state index in [0.29, 0.717) is 35.4 Å². The summed E-state index contributed by atoms with van der Waals surface area (Å²) in [5.74, 6) is -0.851. The van der Waals surface area contributed by atoms with Crippen LogP contribution < -0.4 is 20.1 Å². The Morgan fingerprint density at radius 2 is 1.65 bits per heavy atom. The molecule has 0 heterocycles. The number of esters is 1. The van der Waals surface area contributed by atoms with Gasteiger partial charge in [0.25, 0.3) is 11.8 Å². The molecule has 8 nitrogen and oxygen atoms in total. The summed E-state index contributed by atoms with van der Waals surface area (Å²) in [6.07, 6.45) is 0. The van der Waals surface area contributed by atoms with Crippen LogP contribution in [0.1, 0.15) is 24.2 Å². The lowest BCUT2D eigenvalue weighted by Gasteiger charge is -2.13. The number of nitrogens with one attached hydrogen (secondary N) is 2. The molecule has 2 aromatic rings. The SMILES string of the molecule is CCOc1ccc(NC(=O)COC(=O)CNC(=O)c2ccc(Cl)cc2Cl)cc1OCC. The number of amides is 2. The number of hydrogen-bond donors (Lipinski definition) is 2. The molecule has 0 aromatic heterocycles. The summed E-state index contributed by atoms with van der Waals surface area (Å²) >= 11 is 11.7. The molecule has 2 amide bonds. The lowest BCUT2D eigenvalue weighted by atomic mass is 10.2. The van der Waals surface area contributed by atoms with Crippen molar-refractivity contribution in [3.8, 4) is 11.5 Å². The van der Waals surface area contributed by atoms with Crippen LogP contribution >= 0.6 is 23.2 Å². The molecule has 0 atom stereocenters. The standard InChI is InChI=1S/C21H22Cl2N2O6/c1-3-29-17-8-6-14(10-18(17)30-4-2)25-19(26)12-31-20(27)11-24-21(28)15-7-5-13(22)9-16(15)23/h5-10H,3-4,11-12H2,1-2H3,(H,24,28)(H,25,26). The van der Waals surface area contributed by atoms with Crippen molar-refractivity contribution < 1.29 is 28.6 Å². The van der Waals surface area contributed by atoms with Crippen molar-refractivity contribution in [2.24, 2.45) is 0 Å². The van der Waals surface area contributed by atoms with E-state index in [-0.39, 0.29) is 10.6 Å². The predicted molar refractivity (Wildman–Crippen MR) is 117 cm³/mol. The number of anilines is 1. The third-order valence-electron chi connectivity index (χ3n) is 3.76. The minimum atomic E-state index is -0.782. The third kappa shape index (κ3) is 7.66. The number of hydrogen-bond acceptors (Lipinski definition) is 6. The van der Waals surface area contributed by atoms with Gasteiger partial charge in [-0.25, -0.2) is 0 Å². The molecule has 2 aromatic carbocycles. The van der Waals surface area contributed by atoms with E-state index < -0.39 is 30.9 Å². The normalized spacial score (nSPS) is 10.2. The van der Waals surface area contributed by atoms with Crippen LogP contribution in [-0.4, -0.2) is 44.1 Å². The number of benzene rings is 2. The van der Waals surface area contributed by atoms with Gasteiger partial charge in [0.15, 0.2) is 18.1 Å². The monoisotopic (exact) mass is 468 g/mol. The highest BCUT2D eigenvalue weighted by Crippen LogP contribution is 2.30. The molecule has 0 aliphatic rings. The Morgan fingerprint density at radius 1 is 0.935 bits per heavy atom. The average molecular weight is 469 g/mol. The molecule has 0 aliphatic heterocycles. The smallest absolute Gasteiger partial charge is 0.325 e. The quantitative estimate of drug-likeness (QED) is 0.515. The number of rotatable bonds is 10. The van der Waals surface area contributed by atoms with Crippen molar-refractivity contribution >= 4 is 46.7 Å². The van der Waals surface area contributed by atoms with Crippen molar-refractivity contribution in [1.82, 2.24) is 5.32 Å². The van der Waals surface area contributed by atoms with Gasteiger partial charge in [0.2, 0.25) is 0 Å². The fourth-order valence-corrected chi connectivity index (χ4v) is 2.94. The maximum atomic E-state index is 12.1. The minimum Gasteiger partial charge on any atom is -0.490 e. The third-order valence-corrected chi connectivity index (χ3v) is 4.31. The first-order chi connectivity index (χ1) is 14.8. The van der Waals surface area contributed by atoms with Crippen LogP contribution in [0.15, 0.2) is 36.4 Å². The predicted octanol–water partition coefficient (Wildman–Crippen LogP) is 3.70. The molecule has 0 saturated heterocycles. The molecule has 166 valence electrons. The largest absolute Gasteiger partial charge is 0.490 e. The molecule has 0 fully saturated rings. The Morgan fingerprint density at radius 3 is 2.32 bits per heavy atom. The van der Waals surface area contributed by atoms with Gasteiger partial charge in [-0.3, -0.25) is 14.4 Å². The molecule has 0 bridgehead atoms. The molecular weight excluding hydrogens is 447 g/mol. The van der Waals surface area contributed by atoms with Gasteiger partial charge in [0.1, 0.15) is 6.54 Å². The van der Waals surface area contributed by atoms with Crippen molar-refractivity contribution in [3.05, 3.63) is 52.0 Å². The average Bonchev–Trinajstić information content (AvgIpc) is 2.72. The molecule has 0 saturated carbocycles. The second-order valence-electron chi connectivity index (χ2n) is 6.04. The Labute approximate surface area is 189 Å². The lowest BCUT2D eigenvalue weighted by Crippen LogP contribution is -2.32. The van der Waals surface area contributed by atoms with Gasteiger partial charge in [-0.15, -0.1) is 0 Å². The molecule has 0 aliphatic carbocycles. The van der Waals surface area contributed by atoms with Crippen LogP contribution in [0.3, 0.4) is 0 Å². The van der Waals surface area contributed by atoms with Gasteiger partial charge in [0, 0.05) is 16.8 Å². The molecule has 10 heteroatoms. The van der Waals surface area contributed by atoms with Crippen LogP contribution in [-0.2, 0) is 14.3 Å². The highest BCUT2D eigenvalue weighted by atomic mass is 35.5. The van der Waals surface area contributed by atoms with Crippen LogP contribution in [0.25, 0.3) is 0 Å². The highest BCUT2D eigenvalue weighted by molar-refractivity contribution is 6.36. The second-order valence-corrected chi connectivity index (χ2v) is 6.89. The Kier molecular flexibility index (Phi) is 9.42. The summed E-state index contributed by atoms with van der Waals surface area (Å²) in [6, 6.07) is 9.29. The zero-order chi connectivity index (χ0) is 22.8. The van der Waals surface area contributed by atoms with Crippen molar-refractivity contribution in [1.29, 1.82) is 0 Å². The Balaban J connectivity index is 1.82. The first-order valence-corrected chi connectivity index (χ1v) is 10.2. The van der Waals surface area contributed by atoms with Crippen LogP contribution in [0, 0.1) is 0 Å². The van der Waals surface area contributed by atoms with Crippen LogP contribution in [0.2, 0.25) is 10.0 Å². The first-order valence-electron chi connectivity index (χ1n) is 9.42. The van der Waals surface area contributed by atoms with Crippen LogP contribution in [0.4, 0.5) is 5.69 Å². The Bertz CT molecular complexity index is 951. The van der Waals surface area contributed by atoms with Gasteiger partial charge in [0.05, 0.1) is 23.8 Å². The summed E-state index contributed by atoms with van der Waals surface area (Å²) in [7, 11) is 0. The van der Waals surface area contributed by atoms with E-state index >= 15 is 0 Å². The molecule has 2 N–H and O–H groups in total. The van der Waals surface area contributed by atoms with Crippen molar-refractivity contribution in [3.63, 3.8) is 0 Å². The summed E-state index contributed by atoms with van der Waals surface area (Å²) in [5.41, 5.74) is 0.621. The second kappa shape index (κ2) is 12.0. The van der Waals surface area contributed by atoms with Gasteiger partial charge in [-0.05, 0) is 44.2 Å². The van der Waals surface area contributed by atoms with Crippen LogP contribution in [0.5, 0.6) is 11.5 Å².